The summed E-state index contributed by atoms with van der Waals surface area (Å²) < 4.78 is 1.78. The van der Waals surface area contributed by atoms with Gasteiger partial charge in [-0.3, -0.25) is 9.48 Å². The second-order valence-electron chi connectivity index (χ2n) is 6.70. The van der Waals surface area contributed by atoms with Crippen LogP contribution in [0, 0.1) is 12.3 Å². The van der Waals surface area contributed by atoms with Crippen LogP contribution in [0.5, 0.6) is 0 Å². The summed E-state index contributed by atoms with van der Waals surface area (Å²) in [7, 11) is 1.90. The first-order chi connectivity index (χ1) is 9.28. The number of hydrogen-bond acceptors (Lipinski definition) is 2. The molecule has 0 aliphatic heterocycles. The number of nitrogens with one attached hydrogen (secondary N) is 1. The lowest BCUT2D eigenvalue weighted by molar-refractivity contribution is -0.118. The molecule has 4 heteroatoms. The van der Waals surface area contributed by atoms with Gasteiger partial charge in [0.1, 0.15) is 0 Å². The molecule has 1 aromatic heterocycles. The van der Waals surface area contributed by atoms with Crippen molar-refractivity contribution in [3.8, 4) is 0 Å². The standard InChI is InChI=1S/C16H25N3O/c1-11-8-16(3,4)7-6-14(11)15(20)17-9-13-10-19(5)18-12(13)2/h10H,6-9H2,1-5H3,(H,17,20). The molecule has 0 fully saturated rings. The molecule has 0 unspecified atom stereocenters. The molecule has 0 bridgehead atoms. The Morgan fingerprint density at radius 1 is 1.45 bits per heavy atom. The van der Waals surface area contributed by atoms with E-state index < -0.39 is 0 Å². The van der Waals surface area contributed by atoms with Crippen molar-refractivity contribution in [3.05, 3.63) is 28.6 Å². The van der Waals surface area contributed by atoms with Crippen molar-refractivity contribution in [3.63, 3.8) is 0 Å². The minimum atomic E-state index is 0.0845. The molecule has 0 radical (unpaired) electrons. The van der Waals surface area contributed by atoms with Gasteiger partial charge in [-0.1, -0.05) is 19.4 Å². The van der Waals surface area contributed by atoms with E-state index in [2.05, 4.69) is 31.2 Å². The van der Waals surface area contributed by atoms with Gasteiger partial charge >= 0.3 is 0 Å². The quantitative estimate of drug-likeness (QED) is 0.922. The van der Waals surface area contributed by atoms with Crippen LogP contribution in [0.2, 0.25) is 0 Å². The Morgan fingerprint density at radius 2 is 2.15 bits per heavy atom. The number of aromatic nitrogens is 2. The normalized spacial score (nSPS) is 18.2. The highest BCUT2D eigenvalue weighted by atomic mass is 16.1. The number of allylic oxidation sites excluding steroid dienone is 1. The molecule has 1 amide bonds. The molecule has 0 saturated heterocycles. The average molecular weight is 275 g/mol. The predicted molar refractivity (Wildman–Crippen MR) is 80.1 cm³/mol. The van der Waals surface area contributed by atoms with Gasteiger partial charge in [0.2, 0.25) is 5.91 Å². The minimum Gasteiger partial charge on any atom is -0.348 e. The van der Waals surface area contributed by atoms with E-state index in [4.69, 9.17) is 0 Å². The lowest BCUT2D eigenvalue weighted by Crippen LogP contribution is -2.29. The Kier molecular flexibility index (Phi) is 4.02. The van der Waals surface area contributed by atoms with Crippen LogP contribution in [0.3, 0.4) is 0 Å². The number of carbonyl (C=O) groups is 1. The molecule has 110 valence electrons. The second-order valence-corrected chi connectivity index (χ2v) is 6.70. The van der Waals surface area contributed by atoms with E-state index in [9.17, 15) is 4.79 Å². The van der Waals surface area contributed by atoms with Crippen LogP contribution in [0.15, 0.2) is 17.3 Å². The highest BCUT2D eigenvalue weighted by molar-refractivity contribution is 5.94. The maximum absolute atomic E-state index is 12.3. The smallest absolute Gasteiger partial charge is 0.247 e. The van der Waals surface area contributed by atoms with Gasteiger partial charge < -0.3 is 5.32 Å². The molecule has 1 aromatic rings. The predicted octanol–water partition coefficient (Wildman–Crippen LogP) is 2.87. The van der Waals surface area contributed by atoms with E-state index in [1.165, 1.54) is 5.57 Å². The van der Waals surface area contributed by atoms with E-state index in [0.717, 1.165) is 36.1 Å². The Bertz CT molecular complexity index is 552. The molecule has 2 rings (SSSR count). The van der Waals surface area contributed by atoms with Crippen LogP contribution < -0.4 is 5.32 Å². The summed E-state index contributed by atoms with van der Waals surface area (Å²) in [4.78, 5) is 12.3. The number of aryl methyl sites for hydroxylation is 2. The summed E-state index contributed by atoms with van der Waals surface area (Å²) in [5.74, 6) is 0.0845. The summed E-state index contributed by atoms with van der Waals surface area (Å²) >= 11 is 0. The Hall–Kier alpha value is -1.58. The molecule has 1 aliphatic rings. The summed E-state index contributed by atoms with van der Waals surface area (Å²) in [6, 6.07) is 0. The summed E-state index contributed by atoms with van der Waals surface area (Å²) in [6.07, 6.45) is 4.94. The number of rotatable bonds is 3. The zero-order valence-corrected chi connectivity index (χ0v) is 13.2. The average Bonchev–Trinajstić information content (AvgIpc) is 2.63. The maximum Gasteiger partial charge on any atom is 0.247 e. The summed E-state index contributed by atoms with van der Waals surface area (Å²) in [5, 5.41) is 7.32. The van der Waals surface area contributed by atoms with Gasteiger partial charge in [-0.05, 0) is 38.5 Å². The van der Waals surface area contributed by atoms with E-state index in [0.29, 0.717) is 12.0 Å². The molecule has 20 heavy (non-hydrogen) atoms. The largest absolute Gasteiger partial charge is 0.348 e. The topological polar surface area (TPSA) is 46.9 Å². The molecule has 0 atom stereocenters. The monoisotopic (exact) mass is 275 g/mol. The Labute approximate surface area is 121 Å². The van der Waals surface area contributed by atoms with Crippen molar-refractivity contribution in [1.82, 2.24) is 15.1 Å². The number of hydrogen-bond donors (Lipinski definition) is 1. The van der Waals surface area contributed by atoms with Gasteiger partial charge in [-0.15, -0.1) is 0 Å². The summed E-state index contributed by atoms with van der Waals surface area (Å²) in [5.41, 5.74) is 4.60. The van der Waals surface area contributed by atoms with Crippen molar-refractivity contribution in [2.24, 2.45) is 12.5 Å². The van der Waals surface area contributed by atoms with Gasteiger partial charge in [0, 0.05) is 30.9 Å². The third-order valence-corrected chi connectivity index (χ3v) is 4.14. The zero-order chi connectivity index (χ0) is 14.9. The van der Waals surface area contributed by atoms with Gasteiger partial charge in [-0.2, -0.15) is 5.10 Å². The third-order valence-electron chi connectivity index (χ3n) is 4.14. The first-order valence-corrected chi connectivity index (χ1v) is 7.24. The Morgan fingerprint density at radius 3 is 2.70 bits per heavy atom. The van der Waals surface area contributed by atoms with Crippen LogP contribution in [0.1, 0.15) is 51.3 Å². The van der Waals surface area contributed by atoms with E-state index in [1.54, 1.807) is 4.68 Å². The van der Waals surface area contributed by atoms with Gasteiger partial charge in [0.15, 0.2) is 0 Å². The fraction of sp³-hybridized carbons (Fsp3) is 0.625. The molecule has 1 N–H and O–H groups in total. The van der Waals surface area contributed by atoms with E-state index in [-0.39, 0.29) is 5.91 Å². The van der Waals surface area contributed by atoms with Crippen LogP contribution in [0.4, 0.5) is 0 Å². The molecular weight excluding hydrogens is 250 g/mol. The zero-order valence-electron chi connectivity index (χ0n) is 13.2. The molecule has 0 spiro atoms. The minimum absolute atomic E-state index is 0.0845. The molecular formula is C16H25N3O. The van der Waals surface area contributed by atoms with Crippen molar-refractivity contribution >= 4 is 5.91 Å². The lowest BCUT2D eigenvalue weighted by Gasteiger charge is -2.31. The van der Waals surface area contributed by atoms with Gasteiger partial charge in [-0.25, -0.2) is 0 Å². The maximum atomic E-state index is 12.3. The van der Waals surface area contributed by atoms with Crippen molar-refractivity contribution in [2.75, 3.05) is 0 Å². The van der Waals surface area contributed by atoms with Crippen molar-refractivity contribution < 1.29 is 4.79 Å². The van der Waals surface area contributed by atoms with Gasteiger partial charge in [0.05, 0.1) is 5.69 Å². The molecule has 0 aromatic carbocycles. The number of amides is 1. The fourth-order valence-electron chi connectivity index (χ4n) is 3.00. The summed E-state index contributed by atoms with van der Waals surface area (Å²) in [6.45, 7) is 9.15. The third kappa shape index (κ3) is 3.30. The molecule has 1 heterocycles. The highest BCUT2D eigenvalue weighted by Gasteiger charge is 2.27. The SMILES string of the molecule is CC1=C(C(=O)NCc2cn(C)nc2C)CCC(C)(C)C1. The molecule has 0 saturated carbocycles. The molecule has 4 nitrogen and oxygen atoms in total. The molecule has 1 aliphatic carbocycles. The van der Waals surface area contributed by atoms with E-state index in [1.807, 2.05) is 20.2 Å². The van der Waals surface area contributed by atoms with Crippen LogP contribution in [0.25, 0.3) is 0 Å². The fourth-order valence-corrected chi connectivity index (χ4v) is 3.00. The highest BCUT2D eigenvalue weighted by Crippen LogP contribution is 2.38. The number of nitrogens with zero attached hydrogens (tertiary/aromatic N) is 2. The second kappa shape index (κ2) is 5.43. The van der Waals surface area contributed by atoms with Crippen LogP contribution in [-0.2, 0) is 18.4 Å². The van der Waals surface area contributed by atoms with Crippen molar-refractivity contribution in [2.45, 2.75) is 53.5 Å². The van der Waals surface area contributed by atoms with Gasteiger partial charge in [0.25, 0.3) is 0 Å². The van der Waals surface area contributed by atoms with E-state index >= 15 is 0 Å². The lowest BCUT2D eigenvalue weighted by atomic mass is 9.74. The first kappa shape index (κ1) is 14.8. The first-order valence-electron chi connectivity index (χ1n) is 7.24. The number of carbonyl (C=O) groups excluding carboxylic acids is 1. The van der Waals surface area contributed by atoms with Crippen molar-refractivity contribution in [1.29, 1.82) is 0 Å². The van der Waals surface area contributed by atoms with Crippen LogP contribution >= 0.6 is 0 Å². The Balaban J connectivity index is 2.01. The van der Waals surface area contributed by atoms with Crippen LogP contribution in [-0.4, -0.2) is 15.7 Å².